The highest BCUT2D eigenvalue weighted by Crippen LogP contribution is 2.30. The van der Waals surface area contributed by atoms with Gasteiger partial charge in [0.1, 0.15) is 0 Å². The van der Waals surface area contributed by atoms with Crippen LogP contribution in [0.3, 0.4) is 0 Å². The number of hydrogen-bond acceptors (Lipinski definition) is 2. The lowest BCUT2D eigenvalue weighted by Crippen LogP contribution is -2.39. The van der Waals surface area contributed by atoms with Crippen molar-refractivity contribution in [1.82, 2.24) is 9.88 Å². The first-order valence-corrected chi connectivity index (χ1v) is 9.86. The molecule has 2 aromatic rings. The Hall–Kier alpha value is -2.08. The van der Waals surface area contributed by atoms with Crippen LogP contribution in [-0.4, -0.2) is 34.8 Å². The maximum absolute atomic E-state index is 12.7. The molecule has 2 heterocycles. The zero-order valence-corrected chi connectivity index (χ0v) is 16.1. The summed E-state index contributed by atoms with van der Waals surface area (Å²) in [5, 5.41) is 0. The van der Waals surface area contributed by atoms with Gasteiger partial charge in [-0.15, -0.1) is 11.6 Å². The standard InChI is InChI=1S/C21H22ClF3N2O/c22-11-10-20(28)27-12-2-3-16(14-27)19-5-1-4-18(26-19)13-15-6-8-17(9-7-15)21(23,24)25/h1,4-9,16H,2-3,10-14H2. The molecule has 7 heteroatoms. The number of carbonyl (C=O) groups is 1. The maximum atomic E-state index is 12.7. The molecule has 1 saturated heterocycles. The van der Waals surface area contributed by atoms with Gasteiger partial charge in [-0.3, -0.25) is 9.78 Å². The van der Waals surface area contributed by atoms with Crippen molar-refractivity contribution in [2.24, 2.45) is 0 Å². The molecule has 0 N–H and O–H groups in total. The number of hydrogen-bond donors (Lipinski definition) is 0. The third-order valence-electron chi connectivity index (χ3n) is 5.00. The summed E-state index contributed by atoms with van der Waals surface area (Å²) in [4.78, 5) is 18.7. The number of aromatic nitrogens is 1. The molecule has 1 atom stereocenters. The van der Waals surface area contributed by atoms with Crippen LogP contribution in [0.1, 0.15) is 47.7 Å². The minimum Gasteiger partial charge on any atom is -0.342 e. The van der Waals surface area contributed by atoms with Crippen molar-refractivity contribution in [2.75, 3.05) is 19.0 Å². The van der Waals surface area contributed by atoms with Crippen molar-refractivity contribution >= 4 is 17.5 Å². The van der Waals surface area contributed by atoms with Gasteiger partial charge in [0, 0.05) is 49.1 Å². The third kappa shape index (κ3) is 5.25. The average Bonchev–Trinajstić information content (AvgIpc) is 2.68. The molecule has 0 bridgehead atoms. The van der Waals surface area contributed by atoms with Crippen LogP contribution in [0, 0.1) is 0 Å². The van der Waals surface area contributed by atoms with Crippen LogP contribution in [0.5, 0.6) is 0 Å². The number of rotatable bonds is 5. The lowest BCUT2D eigenvalue weighted by atomic mass is 9.93. The largest absolute Gasteiger partial charge is 0.416 e. The second kappa shape index (κ2) is 8.95. The molecule has 1 aliphatic heterocycles. The molecular weight excluding hydrogens is 389 g/mol. The zero-order chi connectivity index (χ0) is 20.1. The summed E-state index contributed by atoms with van der Waals surface area (Å²) >= 11 is 5.68. The Morgan fingerprint density at radius 1 is 1.18 bits per heavy atom. The predicted molar refractivity (Wildman–Crippen MR) is 102 cm³/mol. The Bertz CT molecular complexity index is 808. The molecule has 1 aromatic heterocycles. The molecule has 1 aromatic carbocycles. The highest BCUT2D eigenvalue weighted by Gasteiger charge is 2.30. The highest BCUT2D eigenvalue weighted by molar-refractivity contribution is 6.18. The fraction of sp³-hybridized carbons (Fsp3) is 0.429. The van der Waals surface area contributed by atoms with Crippen LogP contribution in [-0.2, 0) is 17.4 Å². The van der Waals surface area contributed by atoms with Gasteiger partial charge in [0.05, 0.1) is 5.56 Å². The molecule has 0 aliphatic carbocycles. The van der Waals surface area contributed by atoms with E-state index < -0.39 is 11.7 Å². The van der Waals surface area contributed by atoms with Gasteiger partial charge in [0.2, 0.25) is 5.91 Å². The molecule has 3 rings (SSSR count). The molecule has 0 spiro atoms. The van der Waals surface area contributed by atoms with Crippen LogP contribution in [0.25, 0.3) is 0 Å². The van der Waals surface area contributed by atoms with Gasteiger partial charge < -0.3 is 4.90 Å². The summed E-state index contributed by atoms with van der Waals surface area (Å²) in [6.45, 7) is 1.38. The van der Waals surface area contributed by atoms with Gasteiger partial charge in [-0.2, -0.15) is 13.2 Å². The first kappa shape index (κ1) is 20.6. The summed E-state index contributed by atoms with van der Waals surface area (Å²) < 4.78 is 38.1. The van der Waals surface area contributed by atoms with E-state index in [1.165, 1.54) is 12.1 Å². The number of benzene rings is 1. The number of pyridine rings is 1. The summed E-state index contributed by atoms with van der Waals surface area (Å²) in [6.07, 6.45) is -1.64. The molecule has 150 valence electrons. The molecule has 1 aliphatic rings. The minimum atomic E-state index is -4.33. The molecule has 0 saturated carbocycles. The van der Waals surface area contributed by atoms with E-state index in [2.05, 4.69) is 0 Å². The first-order valence-electron chi connectivity index (χ1n) is 9.32. The molecule has 1 unspecified atom stereocenters. The number of piperidine rings is 1. The van der Waals surface area contributed by atoms with Crippen LogP contribution >= 0.6 is 11.6 Å². The lowest BCUT2D eigenvalue weighted by molar-refractivity contribution is -0.137. The molecule has 0 radical (unpaired) electrons. The Kier molecular flexibility index (Phi) is 6.60. The van der Waals surface area contributed by atoms with Crippen molar-refractivity contribution in [3.8, 4) is 0 Å². The summed E-state index contributed by atoms with van der Waals surface area (Å²) in [5.41, 5.74) is 1.86. The van der Waals surface area contributed by atoms with E-state index in [0.717, 1.165) is 48.5 Å². The molecular formula is C21H22ClF3N2O. The number of halogens is 4. The molecule has 28 heavy (non-hydrogen) atoms. The fourth-order valence-electron chi connectivity index (χ4n) is 3.53. The Morgan fingerprint density at radius 3 is 2.61 bits per heavy atom. The molecule has 3 nitrogen and oxygen atoms in total. The second-order valence-corrected chi connectivity index (χ2v) is 7.42. The van der Waals surface area contributed by atoms with Crippen molar-refractivity contribution < 1.29 is 18.0 Å². The number of carbonyl (C=O) groups excluding carboxylic acids is 1. The van der Waals surface area contributed by atoms with Crippen LogP contribution in [0.2, 0.25) is 0 Å². The van der Waals surface area contributed by atoms with E-state index in [1.54, 1.807) is 0 Å². The Labute approximate surface area is 167 Å². The van der Waals surface area contributed by atoms with Gasteiger partial charge in [0.15, 0.2) is 0 Å². The highest BCUT2D eigenvalue weighted by atomic mass is 35.5. The van der Waals surface area contributed by atoms with E-state index >= 15 is 0 Å². The van der Waals surface area contributed by atoms with Crippen LogP contribution in [0.4, 0.5) is 13.2 Å². The number of amides is 1. The number of alkyl halides is 4. The van der Waals surface area contributed by atoms with E-state index in [0.29, 0.717) is 25.3 Å². The zero-order valence-electron chi connectivity index (χ0n) is 15.4. The van der Waals surface area contributed by atoms with Crippen LogP contribution in [0.15, 0.2) is 42.5 Å². The van der Waals surface area contributed by atoms with Gasteiger partial charge in [-0.25, -0.2) is 0 Å². The second-order valence-electron chi connectivity index (χ2n) is 7.04. The summed E-state index contributed by atoms with van der Waals surface area (Å²) in [7, 11) is 0. The van der Waals surface area contributed by atoms with Gasteiger partial charge >= 0.3 is 6.18 Å². The van der Waals surface area contributed by atoms with Crippen molar-refractivity contribution in [3.05, 3.63) is 65.0 Å². The lowest BCUT2D eigenvalue weighted by Gasteiger charge is -2.32. The number of likely N-dealkylation sites (tertiary alicyclic amines) is 1. The fourth-order valence-corrected chi connectivity index (χ4v) is 3.69. The maximum Gasteiger partial charge on any atom is 0.416 e. The topological polar surface area (TPSA) is 33.2 Å². The van der Waals surface area contributed by atoms with Crippen LogP contribution < -0.4 is 0 Å². The normalized spacial score (nSPS) is 17.6. The van der Waals surface area contributed by atoms with E-state index in [1.807, 2.05) is 23.1 Å². The van der Waals surface area contributed by atoms with Crippen molar-refractivity contribution in [2.45, 2.75) is 37.8 Å². The monoisotopic (exact) mass is 410 g/mol. The quantitative estimate of drug-likeness (QED) is 0.648. The predicted octanol–water partition coefficient (Wildman–Crippen LogP) is 5.03. The Morgan fingerprint density at radius 2 is 1.93 bits per heavy atom. The summed E-state index contributed by atoms with van der Waals surface area (Å²) in [6, 6.07) is 10.9. The molecule has 1 fully saturated rings. The van der Waals surface area contributed by atoms with Crippen molar-refractivity contribution in [1.29, 1.82) is 0 Å². The Balaban J connectivity index is 1.69. The van der Waals surface area contributed by atoms with E-state index in [9.17, 15) is 18.0 Å². The average molecular weight is 411 g/mol. The SMILES string of the molecule is O=C(CCCl)N1CCCC(c2cccc(Cc3ccc(C(F)(F)F)cc3)n2)C1. The smallest absolute Gasteiger partial charge is 0.342 e. The first-order chi connectivity index (χ1) is 13.4. The summed E-state index contributed by atoms with van der Waals surface area (Å²) in [5.74, 6) is 0.558. The minimum absolute atomic E-state index is 0.0700. The molecule has 1 amide bonds. The van der Waals surface area contributed by atoms with E-state index in [-0.39, 0.29) is 11.8 Å². The number of nitrogens with zero attached hydrogens (tertiary/aromatic N) is 2. The van der Waals surface area contributed by atoms with Gasteiger partial charge in [-0.05, 0) is 42.7 Å². The van der Waals surface area contributed by atoms with E-state index in [4.69, 9.17) is 16.6 Å². The van der Waals surface area contributed by atoms with Gasteiger partial charge in [-0.1, -0.05) is 18.2 Å². The van der Waals surface area contributed by atoms with Gasteiger partial charge in [0.25, 0.3) is 0 Å². The van der Waals surface area contributed by atoms with Crippen molar-refractivity contribution in [3.63, 3.8) is 0 Å². The third-order valence-corrected chi connectivity index (χ3v) is 5.18.